The largest absolute Gasteiger partial charge is 0.356 e. The van der Waals surface area contributed by atoms with Crippen molar-refractivity contribution in [3.8, 4) is 0 Å². The number of nitrogens with one attached hydrogen (secondary N) is 2. The number of carbonyl (C=O) groups excluding carboxylic acids is 2. The van der Waals surface area contributed by atoms with Crippen LogP contribution in [0.5, 0.6) is 0 Å². The second kappa shape index (κ2) is 9.11. The van der Waals surface area contributed by atoms with Crippen molar-refractivity contribution in [1.29, 1.82) is 0 Å². The number of nitrogens with zero attached hydrogens (tertiary/aromatic N) is 2. The average molecular weight is 478 g/mol. The molecule has 4 rings (SSSR count). The number of hydrazine groups is 1. The van der Waals surface area contributed by atoms with Crippen molar-refractivity contribution >= 4 is 44.8 Å². The zero-order valence-electron chi connectivity index (χ0n) is 16.5. The first-order valence-corrected chi connectivity index (χ1v) is 10.4. The maximum Gasteiger partial charge on any atom is 0.272 e. The molecule has 156 valence electrons. The Morgan fingerprint density at radius 2 is 1.71 bits per heavy atom. The molecule has 2 amide bonds. The number of carbonyl (C=O) groups is 2. The summed E-state index contributed by atoms with van der Waals surface area (Å²) in [6.45, 7) is -0.228. The normalized spacial score (nSPS) is 15.5. The lowest BCUT2D eigenvalue weighted by Crippen LogP contribution is -2.47. The topological polar surface area (TPSA) is 99.8 Å². The van der Waals surface area contributed by atoms with Crippen molar-refractivity contribution in [3.63, 3.8) is 0 Å². The van der Waals surface area contributed by atoms with E-state index in [0.717, 1.165) is 21.3 Å². The first-order valence-electron chi connectivity index (χ1n) is 9.62. The fourth-order valence-electron chi connectivity index (χ4n) is 3.42. The number of rotatable bonds is 5. The molecule has 1 heterocycles. The van der Waals surface area contributed by atoms with Gasteiger partial charge in [0.15, 0.2) is 6.17 Å². The van der Waals surface area contributed by atoms with Crippen LogP contribution in [0.15, 0.2) is 88.3 Å². The number of nitrogens with two attached hydrogens (primary N) is 1. The lowest BCUT2D eigenvalue weighted by Gasteiger charge is -2.25. The fraction of sp³-hybridized carbons (Fsp3) is 0.0870. The molecule has 1 unspecified atom stereocenters. The molecule has 0 saturated heterocycles. The SMILES string of the molecule is NNC(=O)CN1C(=O)C(Nc2ccccc2)N=C(c2ccccc2)c2cc(Br)ccc21. The van der Waals surface area contributed by atoms with Crippen LogP contribution >= 0.6 is 15.9 Å². The Balaban J connectivity index is 1.89. The Hall–Kier alpha value is -3.49. The Bertz CT molecular complexity index is 1140. The Labute approximate surface area is 188 Å². The van der Waals surface area contributed by atoms with Crippen molar-refractivity contribution in [3.05, 3.63) is 94.5 Å². The molecule has 8 heteroatoms. The quantitative estimate of drug-likeness (QED) is 0.298. The van der Waals surface area contributed by atoms with E-state index in [4.69, 9.17) is 10.8 Å². The van der Waals surface area contributed by atoms with Crippen molar-refractivity contribution in [2.45, 2.75) is 6.17 Å². The van der Waals surface area contributed by atoms with Crippen LogP contribution in [0.1, 0.15) is 11.1 Å². The van der Waals surface area contributed by atoms with E-state index in [1.165, 1.54) is 4.90 Å². The van der Waals surface area contributed by atoms with E-state index in [0.29, 0.717) is 11.4 Å². The predicted octanol–water partition coefficient (Wildman–Crippen LogP) is 3.06. The molecule has 3 aromatic carbocycles. The smallest absolute Gasteiger partial charge is 0.272 e. The lowest BCUT2D eigenvalue weighted by atomic mass is 10.0. The number of hydrogen-bond acceptors (Lipinski definition) is 5. The van der Waals surface area contributed by atoms with Crippen LogP contribution in [0.4, 0.5) is 11.4 Å². The van der Waals surface area contributed by atoms with Gasteiger partial charge in [-0.2, -0.15) is 0 Å². The van der Waals surface area contributed by atoms with Crippen LogP contribution in [0.3, 0.4) is 0 Å². The van der Waals surface area contributed by atoms with E-state index in [1.807, 2.05) is 72.8 Å². The van der Waals surface area contributed by atoms with Gasteiger partial charge in [0.1, 0.15) is 6.54 Å². The minimum atomic E-state index is -0.936. The number of aliphatic imine (C=N–C) groups is 1. The summed E-state index contributed by atoms with van der Waals surface area (Å²) in [4.78, 5) is 31.9. The van der Waals surface area contributed by atoms with E-state index in [2.05, 4.69) is 26.7 Å². The van der Waals surface area contributed by atoms with Crippen molar-refractivity contribution in [2.24, 2.45) is 10.8 Å². The number of benzodiazepines with no additional fused rings is 1. The van der Waals surface area contributed by atoms with Crippen LogP contribution in [-0.4, -0.2) is 30.2 Å². The molecule has 0 bridgehead atoms. The summed E-state index contributed by atoms with van der Waals surface area (Å²) in [6, 6.07) is 24.5. The molecule has 0 aromatic heterocycles. The minimum Gasteiger partial charge on any atom is -0.356 e. The third-order valence-corrected chi connectivity index (χ3v) is 5.34. The van der Waals surface area contributed by atoms with Crippen LogP contribution in [0.2, 0.25) is 0 Å². The van der Waals surface area contributed by atoms with Crippen LogP contribution in [0, 0.1) is 0 Å². The van der Waals surface area contributed by atoms with Gasteiger partial charge in [0.25, 0.3) is 11.8 Å². The summed E-state index contributed by atoms with van der Waals surface area (Å²) >= 11 is 3.51. The maximum absolute atomic E-state index is 13.5. The molecule has 4 N–H and O–H groups in total. The lowest BCUT2D eigenvalue weighted by molar-refractivity contribution is -0.124. The molecule has 0 saturated carbocycles. The Morgan fingerprint density at radius 1 is 1.03 bits per heavy atom. The van der Waals surface area contributed by atoms with Gasteiger partial charge in [-0.1, -0.05) is 64.5 Å². The predicted molar refractivity (Wildman–Crippen MR) is 125 cm³/mol. The van der Waals surface area contributed by atoms with E-state index in [9.17, 15) is 9.59 Å². The van der Waals surface area contributed by atoms with Crippen LogP contribution in [-0.2, 0) is 9.59 Å². The van der Waals surface area contributed by atoms with Gasteiger partial charge >= 0.3 is 0 Å². The molecule has 3 aromatic rings. The van der Waals surface area contributed by atoms with E-state index >= 15 is 0 Å². The van der Waals surface area contributed by atoms with Gasteiger partial charge in [-0.05, 0) is 30.3 Å². The maximum atomic E-state index is 13.5. The molecule has 0 fully saturated rings. The van der Waals surface area contributed by atoms with Crippen molar-refractivity contribution < 1.29 is 9.59 Å². The first-order chi connectivity index (χ1) is 15.1. The highest BCUT2D eigenvalue weighted by Crippen LogP contribution is 2.31. The second-order valence-electron chi connectivity index (χ2n) is 6.91. The number of fused-ring (bicyclic) bond motifs is 1. The summed E-state index contributed by atoms with van der Waals surface area (Å²) in [5, 5.41) is 3.19. The molecule has 0 radical (unpaired) electrons. The highest BCUT2D eigenvalue weighted by Gasteiger charge is 2.33. The molecule has 0 spiro atoms. The highest BCUT2D eigenvalue weighted by molar-refractivity contribution is 9.10. The molecule has 0 aliphatic carbocycles. The number of benzene rings is 3. The molecule has 7 nitrogen and oxygen atoms in total. The minimum absolute atomic E-state index is 0.228. The van der Waals surface area contributed by atoms with Gasteiger partial charge in [0, 0.05) is 21.3 Å². The molecule has 1 aliphatic heterocycles. The molecule has 1 aliphatic rings. The monoisotopic (exact) mass is 477 g/mol. The third kappa shape index (κ3) is 4.50. The number of para-hydroxylation sites is 1. The zero-order valence-corrected chi connectivity index (χ0v) is 18.0. The van der Waals surface area contributed by atoms with Gasteiger partial charge in [-0.15, -0.1) is 0 Å². The highest BCUT2D eigenvalue weighted by atomic mass is 79.9. The second-order valence-corrected chi connectivity index (χ2v) is 7.83. The summed E-state index contributed by atoms with van der Waals surface area (Å²) in [5.41, 5.74) is 5.67. The summed E-state index contributed by atoms with van der Waals surface area (Å²) in [7, 11) is 0. The summed E-state index contributed by atoms with van der Waals surface area (Å²) < 4.78 is 0.833. The van der Waals surface area contributed by atoms with Gasteiger partial charge in [0.2, 0.25) is 0 Å². The third-order valence-electron chi connectivity index (χ3n) is 4.85. The Morgan fingerprint density at radius 3 is 2.39 bits per heavy atom. The zero-order chi connectivity index (χ0) is 21.8. The van der Waals surface area contributed by atoms with E-state index < -0.39 is 12.1 Å². The number of halogens is 1. The van der Waals surface area contributed by atoms with Gasteiger partial charge < -0.3 is 5.32 Å². The van der Waals surface area contributed by atoms with E-state index in [1.54, 1.807) is 6.07 Å². The van der Waals surface area contributed by atoms with Crippen LogP contribution < -0.4 is 21.5 Å². The molecule has 1 atom stereocenters. The molecular weight excluding hydrogens is 458 g/mol. The summed E-state index contributed by atoms with van der Waals surface area (Å²) in [6.07, 6.45) is -0.936. The molecular formula is C23H20BrN5O2. The van der Waals surface area contributed by atoms with Crippen molar-refractivity contribution in [2.75, 3.05) is 16.8 Å². The van der Waals surface area contributed by atoms with Gasteiger partial charge in [-0.3, -0.25) is 19.9 Å². The van der Waals surface area contributed by atoms with Gasteiger partial charge in [0.05, 0.1) is 11.4 Å². The van der Waals surface area contributed by atoms with E-state index in [-0.39, 0.29) is 12.5 Å². The number of amides is 2. The summed E-state index contributed by atoms with van der Waals surface area (Å²) in [5.74, 6) is 4.46. The standard InChI is InChI=1S/C23H20BrN5O2/c24-16-11-12-19-18(13-16)21(15-7-3-1-4-8-15)27-22(26-17-9-5-2-6-10-17)23(31)29(19)14-20(30)28-25/h1-13,22,26H,14,25H2,(H,28,30). The van der Waals surface area contributed by atoms with Crippen LogP contribution in [0.25, 0.3) is 0 Å². The fourth-order valence-corrected chi connectivity index (χ4v) is 3.78. The number of hydrogen-bond donors (Lipinski definition) is 3. The van der Waals surface area contributed by atoms with Gasteiger partial charge in [-0.25, -0.2) is 10.8 Å². The first kappa shape index (κ1) is 20.8. The average Bonchev–Trinajstić information content (AvgIpc) is 2.90. The van der Waals surface area contributed by atoms with Crippen molar-refractivity contribution in [1.82, 2.24) is 5.43 Å². The molecule has 31 heavy (non-hydrogen) atoms. The number of anilines is 2. The Kier molecular flexibility index (Phi) is 6.11.